The molecule has 1 N–H and O–H groups in total. The maximum absolute atomic E-state index is 12.3. The van der Waals surface area contributed by atoms with Crippen molar-refractivity contribution >= 4 is 28.6 Å². The van der Waals surface area contributed by atoms with Gasteiger partial charge in [-0.3, -0.25) is 4.79 Å². The van der Waals surface area contributed by atoms with Crippen LogP contribution < -0.4 is 5.32 Å². The Labute approximate surface area is 155 Å². The summed E-state index contributed by atoms with van der Waals surface area (Å²) < 4.78 is 6.95. The van der Waals surface area contributed by atoms with Gasteiger partial charge in [0.2, 0.25) is 0 Å². The van der Waals surface area contributed by atoms with Crippen LogP contribution >= 0.6 is 0 Å². The summed E-state index contributed by atoms with van der Waals surface area (Å²) in [5.41, 5.74) is 2.36. The van der Waals surface area contributed by atoms with Crippen LogP contribution in [0.1, 0.15) is 29.8 Å². The Hall–Kier alpha value is -3.73. The third kappa shape index (κ3) is 3.77. The summed E-state index contributed by atoms with van der Waals surface area (Å²) in [4.78, 5) is 24.6. The number of nitriles is 1. The number of aryl methyl sites for hydroxylation is 1. The van der Waals surface area contributed by atoms with E-state index < -0.39 is 18.0 Å². The Bertz CT molecular complexity index is 1050. The number of esters is 1. The molecule has 8 nitrogen and oxygen atoms in total. The van der Waals surface area contributed by atoms with Crippen LogP contribution in [0.4, 0.5) is 5.69 Å². The number of amides is 1. The van der Waals surface area contributed by atoms with Gasteiger partial charge < -0.3 is 10.1 Å². The number of nitrogens with one attached hydrogen (secondary N) is 1. The fraction of sp³-hybridized carbons (Fsp3) is 0.211. The minimum absolute atomic E-state index is 0.280. The normalized spacial score (nSPS) is 11.6. The van der Waals surface area contributed by atoms with E-state index >= 15 is 0 Å². The molecule has 1 aromatic heterocycles. The lowest BCUT2D eigenvalue weighted by molar-refractivity contribution is -0.123. The molecule has 2 aromatic carbocycles. The maximum atomic E-state index is 12.3. The number of ether oxygens (including phenoxy) is 1. The number of para-hydroxylation sites is 1. The van der Waals surface area contributed by atoms with E-state index in [0.717, 1.165) is 5.52 Å². The summed E-state index contributed by atoms with van der Waals surface area (Å²) in [5, 5.41) is 19.7. The molecule has 27 heavy (non-hydrogen) atoms. The molecule has 8 heteroatoms. The lowest BCUT2D eigenvalue weighted by atomic mass is 10.2. The number of nitrogens with zero attached hydrogens (tertiary/aromatic N) is 4. The molecule has 3 rings (SSSR count). The molecule has 0 saturated heterocycles. The van der Waals surface area contributed by atoms with Crippen molar-refractivity contribution in [3.05, 3.63) is 53.6 Å². The number of hydrogen-bond acceptors (Lipinski definition) is 6. The van der Waals surface area contributed by atoms with E-state index in [2.05, 4.69) is 15.6 Å². The lowest BCUT2D eigenvalue weighted by Gasteiger charge is -2.14. The Morgan fingerprint density at radius 3 is 2.81 bits per heavy atom. The van der Waals surface area contributed by atoms with Crippen LogP contribution in [0.15, 0.2) is 42.5 Å². The molecule has 0 spiro atoms. The SMILES string of the molecule is CCn1nnc2cc(C(=O)O[C@@H](C)C(=O)Nc3ccccc3C#N)ccc21. The molecule has 0 fully saturated rings. The molecular weight excluding hydrogens is 346 g/mol. The van der Waals surface area contributed by atoms with E-state index in [9.17, 15) is 9.59 Å². The van der Waals surface area contributed by atoms with Crippen molar-refractivity contribution < 1.29 is 14.3 Å². The van der Waals surface area contributed by atoms with E-state index in [0.29, 0.717) is 23.3 Å². The first kappa shape index (κ1) is 18.1. The van der Waals surface area contributed by atoms with Crippen molar-refractivity contribution in [1.82, 2.24) is 15.0 Å². The van der Waals surface area contributed by atoms with Crippen molar-refractivity contribution in [3.63, 3.8) is 0 Å². The zero-order valence-electron chi connectivity index (χ0n) is 14.8. The van der Waals surface area contributed by atoms with Crippen molar-refractivity contribution in [3.8, 4) is 6.07 Å². The minimum atomic E-state index is -1.04. The number of hydrogen-bond donors (Lipinski definition) is 1. The molecular formula is C19H17N5O3. The predicted octanol–water partition coefficient (Wildman–Crippen LogP) is 2.51. The molecule has 1 heterocycles. The van der Waals surface area contributed by atoms with Crippen LogP contribution in [0.25, 0.3) is 11.0 Å². The number of benzene rings is 2. The molecule has 0 unspecified atom stereocenters. The number of carbonyl (C=O) groups is 2. The van der Waals surface area contributed by atoms with Crippen LogP contribution in [0.2, 0.25) is 0 Å². The van der Waals surface area contributed by atoms with Gasteiger partial charge in [0.1, 0.15) is 11.6 Å². The van der Waals surface area contributed by atoms with E-state index in [1.807, 2.05) is 13.0 Å². The molecule has 0 bridgehead atoms. The minimum Gasteiger partial charge on any atom is -0.449 e. The number of aromatic nitrogens is 3. The monoisotopic (exact) mass is 363 g/mol. The molecule has 0 aliphatic carbocycles. The highest BCUT2D eigenvalue weighted by Gasteiger charge is 2.20. The fourth-order valence-corrected chi connectivity index (χ4v) is 2.54. The largest absolute Gasteiger partial charge is 0.449 e. The second kappa shape index (κ2) is 7.66. The summed E-state index contributed by atoms with van der Waals surface area (Å²) >= 11 is 0. The first-order chi connectivity index (χ1) is 13.0. The Balaban J connectivity index is 1.69. The molecule has 0 aliphatic heterocycles. The van der Waals surface area contributed by atoms with Crippen molar-refractivity contribution in [2.75, 3.05) is 5.32 Å². The second-order valence-electron chi connectivity index (χ2n) is 5.80. The molecule has 1 atom stereocenters. The smallest absolute Gasteiger partial charge is 0.338 e. The highest BCUT2D eigenvalue weighted by atomic mass is 16.5. The number of carbonyl (C=O) groups excluding carboxylic acids is 2. The average Bonchev–Trinajstić information content (AvgIpc) is 3.10. The third-order valence-corrected chi connectivity index (χ3v) is 4.01. The van der Waals surface area contributed by atoms with E-state index in [-0.39, 0.29) is 5.56 Å². The molecule has 1 amide bonds. The standard InChI is InChI=1S/C19H17N5O3/c1-3-24-17-9-8-13(10-16(17)22-23-24)19(26)27-12(2)18(25)21-15-7-5-4-6-14(15)11-20/h4-10,12H,3H2,1-2H3,(H,21,25)/t12-/m0/s1. The Kier molecular flexibility index (Phi) is 5.13. The third-order valence-electron chi connectivity index (χ3n) is 4.01. The maximum Gasteiger partial charge on any atom is 0.338 e. The topological polar surface area (TPSA) is 110 Å². The van der Waals surface area contributed by atoms with Gasteiger partial charge in [-0.25, -0.2) is 9.48 Å². The fourth-order valence-electron chi connectivity index (χ4n) is 2.54. The van der Waals surface area contributed by atoms with E-state index in [4.69, 9.17) is 10.00 Å². The zero-order valence-corrected chi connectivity index (χ0v) is 14.8. The lowest BCUT2D eigenvalue weighted by Crippen LogP contribution is -2.30. The first-order valence-electron chi connectivity index (χ1n) is 8.37. The van der Waals surface area contributed by atoms with E-state index in [1.165, 1.54) is 6.92 Å². The average molecular weight is 363 g/mol. The van der Waals surface area contributed by atoms with Gasteiger partial charge in [-0.15, -0.1) is 5.10 Å². The van der Waals surface area contributed by atoms with Gasteiger partial charge in [-0.05, 0) is 44.2 Å². The van der Waals surface area contributed by atoms with Crippen molar-refractivity contribution in [2.24, 2.45) is 0 Å². The van der Waals surface area contributed by atoms with Crippen LogP contribution in [-0.4, -0.2) is 33.0 Å². The van der Waals surface area contributed by atoms with Crippen LogP contribution in [0.3, 0.4) is 0 Å². The summed E-state index contributed by atoms with van der Waals surface area (Å²) in [5.74, 6) is -1.16. The summed E-state index contributed by atoms with van der Waals surface area (Å²) in [6.45, 7) is 4.08. The van der Waals surface area contributed by atoms with Gasteiger partial charge in [0.25, 0.3) is 5.91 Å². The first-order valence-corrected chi connectivity index (χ1v) is 8.37. The van der Waals surface area contributed by atoms with E-state index in [1.54, 1.807) is 47.1 Å². The molecule has 0 aliphatic rings. The molecule has 0 radical (unpaired) electrons. The number of anilines is 1. The van der Waals surface area contributed by atoms with Gasteiger partial charge in [0.15, 0.2) is 6.10 Å². The van der Waals surface area contributed by atoms with Gasteiger partial charge in [-0.1, -0.05) is 17.3 Å². The quantitative estimate of drug-likeness (QED) is 0.698. The molecule has 3 aromatic rings. The van der Waals surface area contributed by atoms with Gasteiger partial charge in [0.05, 0.1) is 22.3 Å². The van der Waals surface area contributed by atoms with Crippen LogP contribution in [0, 0.1) is 11.3 Å². The number of fused-ring (bicyclic) bond motifs is 1. The van der Waals surface area contributed by atoms with Gasteiger partial charge in [-0.2, -0.15) is 5.26 Å². The number of rotatable bonds is 5. The summed E-state index contributed by atoms with van der Waals surface area (Å²) in [6.07, 6.45) is -1.04. The van der Waals surface area contributed by atoms with Crippen molar-refractivity contribution in [1.29, 1.82) is 5.26 Å². The predicted molar refractivity (Wildman–Crippen MR) is 97.9 cm³/mol. The zero-order chi connectivity index (χ0) is 19.4. The Morgan fingerprint density at radius 1 is 1.30 bits per heavy atom. The summed E-state index contributed by atoms with van der Waals surface area (Å²) in [6, 6.07) is 13.5. The van der Waals surface area contributed by atoms with Gasteiger partial charge >= 0.3 is 5.97 Å². The van der Waals surface area contributed by atoms with Crippen LogP contribution in [-0.2, 0) is 16.1 Å². The van der Waals surface area contributed by atoms with Crippen LogP contribution in [0.5, 0.6) is 0 Å². The second-order valence-corrected chi connectivity index (χ2v) is 5.80. The highest BCUT2D eigenvalue weighted by molar-refractivity contribution is 5.99. The molecule has 136 valence electrons. The Morgan fingerprint density at radius 2 is 2.07 bits per heavy atom. The van der Waals surface area contributed by atoms with Crippen molar-refractivity contribution in [2.45, 2.75) is 26.5 Å². The summed E-state index contributed by atoms with van der Waals surface area (Å²) in [7, 11) is 0. The highest BCUT2D eigenvalue weighted by Crippen LogP contribution is 2.16. The van der Waals surface area contributed by atoms with Gasteiger partial charge in [0, 0.05) is 6.54 Å². The molecule has 0 saturated carbocycles.